The monoisotopic (exact) mass is 381 g/mol. The minimum atomic E-state index is -1.07. The quantitative estimate of drug-likeness (QED) is 0.835. The maximum atomic E-state index is 12.8. The number of nitrogens with two attached hydrogens (primary N) is 1. The van der Waals surface area contributed by atoms with Gasteiger partial charge in [-0.2, -0.15) is 0 Å². The lowest BCUT2D eigenvalue weighted by Gasteiger charge is -2.24. The predicted octanol–water partition coefficient (Wildman–Crippen LogP) is 2.62. The van der Waals surface area contributed by atoms with Crippen LogP contribution < -0.4 is 5.73 Å². The summed E-state index contributed by atoms with van der Waals surface area (Å²) in [6.45, 7) is 1.85. The van der Waals surface area contributed by atoms with Crippen molar-refractivity contribution in [1.82, 2.24) is 9.88 Å². The molecular weight excluding hydrogens is 365 g/mol. The third kappa shape index (κ3) is 3.17. The number of carboxylic acid groups (broad SMARTS) is 1. The van der Waals surface area contributed by atoms with Crippen molar-refractivity contribution in [2.45, 2.75) is 32.4 Å². The SMILES string of the molecule is Cc1nc2c(c(C3CC=C(Cl)C=C3Cl)c1CN)C(=O)N(CC(=O)O)C2. The van der Waals surface area contributed by atoms with Gasteiger partial charge < -0.3 is 15.7 Å². The summed E-state index contributed by atoms with van der Waals surface area (Å²) >= 11 is 12.4. The van der Waals surface area contributed by atoms with Crippen molar-refractivity contribution in [2.24, 2.45) is 5.73 Å². The molecule has 1 unspecified atom stereocenters. The van der Waals surface area contributed by atoms with E-state index in [-0.39, 0.29) is 31.5 Å². The molecule has 0 aromatic carbocycles. The molecule has 2 aliphatic rings. The van der Waals surface area contributed by atoms with E-state index in [4.69, 9.17) is 34.0 Å². The van der Waals surface area contributed by atoms with Crippen molar-refractivity contribution in [2.75, 3.05) is 6.54 Å². The zero-order chi connectivity index (χ0) is 18.3. The van der Waals surface area contributed by atoms with Gasteiger partial charge in [-0.05, 0) is 30.5 Å². The number of carbonyl (C=O) groups excluding carboxylic acids is 1. The number of aromatic nitrogens is 1. The average molecular weight is 382 g/mol. The van der Waals surface area contributed by atoms with E-state index in [9.17, 15) is 9.59 Å². The number of halogens is 2. The van der Waals surface area contributed by atoms with Gasteiger partial charge in [0.2, 0.25) is 0 Å². The van der Waals surface area contributed by atoms with Crippen molar-refractivity contribution in [3.05, 3.63) is 50.3 Å². The van der Waals surface area contributed by atoms with E-state index in [1.165, 1.54) is 4.90 Å². The summed E-state index contributed by atoms with van der Waals surface area (Å²) < 4.78 is 0. The summed E-state index contributed by atoms with van der Waals surface area (Å²) in [7, 11) is 0. The third-order valence-electron chi connectivity index (χ3n) is 4.50. The lowest BCUT2D eigenvalue weighted by atomic mass is 9.84. The fourth-order valence-corrected chi connectivity index (χ4v) is 3.99. The molecule has 0 saturated heterocycles. The Kier molecular flexibility index (Phi) is 4.86. The highest BCUT2D eigenvalue weighted by molar-refractivity contribution is 6.35. The first-order valence-electron chi connectivity index (χ1n) is 7.79. The van der Waals surface area contributed by atoms with Crippen molar-refractivity contribution in [1.29, 1.82) is 0 Å². The Morgan fingerprint density at radius 1 is 1.48 bits per heavy atom. The molecule has 0 radical (unpaired) electrons. The Hall–Kier alpha value is -1.89. The summed E-state index contributed by atoms with van der Waals surface area (Å²) in [5, 5.41) is 10.1. The van der Waals surface area contributed by atoms with Gasteiger partial charge in [0.15, 0.2) is 0 Å². The molecule has 25 heavy (non-hydrogen) atoms. The molecule has 6 nitrogen and oxygen atoms in total. The Bertz CT molecular complexity index is 833. The number of allylic oxidation sites excluding steroid dienone is 4. The molecule has 1 aliphatic carbocycles. The Morgan fingerprint density at radius 2 is 2.20 bits per heavy atom. The fourth-order valence-electron chi connectivity index (χ4n) is 3.41. The van der Waals surface area contributed by atoms with Crippen molar-refractivity contribution >= 4 is 35.1 Å². The molecule has 0 spiro atoms. The highest BCUT2D eigenvalue weighted by Crippen LogP contribution is 2.42. The van der Waals surface area contributed by atoms with E-state index in [0.29, 0.717) is 27.7 Å². The molecule has 1 aromatic rings. The van der Waals surface area contributed by atoms with Crippen LogP contribution in [0, 0.1) is 6.92 Å². The van der Waals surface area contributed by atoms with E-state index >= 15 is 0 Å². The smallest absolute Gasteiger partial charge is 0.323 e. The number of amides is 1. The number of hydrogen-bond acceptors (Lipinski definition) is 4. The number of aryl methyl sites for hydroxylation is 1. The van der Waals surface area contributed by atoms with Gasteiger partial charge in [-0.3, -0.25) is 14.6 Å². The molecule has 1 amide bonds. The first-order chi connectivity index (χ1) is 11.8. The molecule has 0 fully saturated rings. The van der Waals surface area contributed by atoms with Crippen molar-refractivity contribution in [3.63, 3.8) is 0 Å². The van der Waals surface area contributed by atoms with Crippen molar-refractivity contribution in [3.8, 4) is 0 Å². The number of carboxylic acids is 1. The summed E-state index contributed by atoms with van der Waals surface area (Å²) in [6.07, 6.45) is 4.05. The van der Waals surface area contributed by atoms with Crippen LogP contribution in [0.5, 0.6) is 0 Å². The topological polar surface area (TPSA) is 96.5 Å². The van der Waals surface area contributed by atoms with Gasteiger partial charge in [-0.15, -0.1) is 0 Å². The van der Waals surface area contributed by atoms with Crippen LogP contribution in [0.4, 0.5) is 0 Å². The number of pyridine rings is 1. The molecule has 2 heterocycles. The highest BCUT2D eigenvalue weighted by Gasteiger charge is 2.37. The van der Waals surface area contributed by atoms with Crippen LogP contribution in [0.3, 0.4) is 0 Å². The maximum Gasteiger partial charge on any atom is 0.323 e. The van der Waals surface area contributed by atoms with E-state index in [2.05, 4.69) is 4.98 Å². The van der Waals surface area contributed by atoms with Gasteiger partial charge in [0.25, 0.3) is 5.91 Å². The Balaban J connectivity index is 2.15. The molecule has 3 N–H and O–H groups in total. The minimum absolute atomic E-state index is 0.170. The van der Waals surface area contributed by atoms with E-state index in [1.54, 1.807) is 6.08 Å². The molecule has 1 aliphatic heterocycles. The normalized spacial score (nSPS) is 19.6. The number of carbonyl (C=O) groups is 2. The standard InChI is InChI=1S/C17H17Cl2N3O3/c1-8-11(5-20)15(10-3-2-9(18)4-12(10)19)16-13(21-8)6-22(17(16)25)7-14(23)24/h2,4,10H,3,5-7,20H2,1H3,(H,23,24). The second kappa shape index (κ2) is 6.78. The van der Waals surface area contributed by atoms with Crippen LogP contribution in [0.25, 0.3) is 0 Å². The number of rotatable bonds is 4. The van der Waals surface area contributed by atoms with Crippen LogP contribution >= 0.6 is 23.2 Å². The maximum absolute atomic E-state index is 12.8. The first-order valence-corrected chi connectivity index (χ1v) is 8.55. The molecule has 1 atom stereocenters. The van der Waals surface area contributed by atoms with Crippen LogP contribution in [0.2, 0.25) is 0 Å². The molecule has 3 rings (SSSR count). The van der Waals surface area contributed by atoms with Gasteiger partial charge in [0.05, 0.1) is 17.8 Å². The van der Waals surface area contributed by atoms with Gasteiger partial charge in [0, 0.05) is 28.2 Å². The zero-order valence-corrected chi connectivity index (χ0v) is 15.1. The first kappa shape index (κ1) is 17.9. The molecule has 132 valence electrons. The third-order valence-corrected chi connectivity index (χ3v) is 5.14. The summed E-state index contributed by atoms with van der Waals surface area (Å²) in [5.41, 5.74) is 9.16. The number of aliphatic carboxylic acids is 1. The van der Waals surface area contributed by atoms with Gasteiger partial charge in [-0.1, -0.05) is 29.3 Å². The average Bonchev–Trinajstić information content (AvgIpc) is 2.81. The van der Waals surface area contributed by atoms with Crippen LogP contribution in [0.1, 0.15) is 45.2 Å². The van der Waals surface area contributed by atoms with Gasteiger partial charge in [0.1, 0.15) is 6.54 Å². The van der Waals surface area contributed by atoms with Gasteiger partial charge in [-0.25, -0.2) is 0 Å². The lowest BCUT2D eigenvalue weighted by Crippen LogP contribution is -2.30. The largest absolute Gasteiger partial charge is 0.480 e. The summed E-state index contributed by atoms with van der Waals surface area (Å²) in [4.78, 5) is 29.6. The van der Waals surface area contributed by atoms with Crippen LogP contribution in [0.15, 0.2) is 22.2 Å². The lowest BCUT2D eigenvalue weighted by molar-refractivity contribution is -0.137. The minimum Gasteiger partial charge on any atom is -0.480 e. The van der Waals surface area contributed by atoms with E-state index in [1.807, 2.05) is 13.0 Å². The number of fused-ring (bicyclic) bond motifs is 1. The Morgan fingerprint density at radius 3 is 2.80 bits per heavy atom. The van der Waals surface area contributed by atoms with Gasteiger partial charge >= 0.3 is 5.97 Å². The summed E-state index contributed by atoms with van der Waals surface area (Å²) in [5.74, 6) is -1.66. The number of hydrogen-bond donors (Lipinski definition) is 2. The van der Waals surface area contributed by atoms with Crippen LogP contribution in [-0.2, 0) is 17.9 Å². The molecule has 1 aromatic heterocycles. The van der Waals surface area contributed by atoms with Crippen LogP contribution in [-0.4, -0.2) is 33.4 Å². The van der Waals surface area contributed by atoms with E-state index < -0.39 is 5.97 Å². The summed E-state index contributed by atoms with van der Waals surface area (Å²) in [6, 6.07) is 0. The molecule has 8 heteroatoms. The zero-order valence-electron chi connectivity index (χ0n) is 13.6. The second-order valence-corrected chi connectivity index (χ2v) is 6.95. The van der Waals surface area contributed by atoms with E-state index in [0.717, 1.165) is 16.8 Å². The Labute approximate surface area is 154 Å². The molecule has 0 saturated carbocycles. The second-order valence-electron chi connectivity index (χ2n) is 6.08. The molecular formula is C17H17Cl2N3O3. The fraction of sp³-hybridized carbons (Fsp3) is 0.353. The number of nitrogens with zero attached hydrogens (tertiary/aromatic N) is 2. The predicted molar refractivity (Wildman–Crippen MR) is 94.5 cm³/mol. The van der Waals surface area contributed by atoms with Crippen molar-refractivity contribution < 1.29 is 14.7 Å². The molecule has 0 bridgehead atoms. The highest BCUT2D eigenvalue weighted by atomic mass is 35.5.